The van der Waals surface area contributed by atoms with Crippen molar-refractivity contribution >= 4 is 0 Å². The van der Waals surface area contributed by atoms with E-state index in [0.29, 0.717) is 29.6 Å². The predicted molar refractivity (Wildman–Crippen MR) is 123 cm³/mol. The molecule has 0 heterocycles. The summed E-state index contributed by atoms with van der Waals surface area (Å²) < 4.78 is 0. The lowest BCUT2D eigenvalue weighted by atomic mass is 9.57. The molecule has 0 aromatic rings. The first kappa shape index (κ1) is 20.9. The number of fused-ring (bicyclic) bond motifs is 4. The summed E-state index contributed by atoms with van der Waals surface area (Å²) in [6.07, 6.45) is 21.0. The van der Waals surface area contributed by atoms with E-state index in [4.69, 9.17) is 0 Å². The summed E-state index contributed by atoms with van der Waals surface area (Å²) in [6.45, 7) is 14.3. The molecule has 0 aromatic heterocycles. The van der Waals surface area contributed by atoms with Crippen molar-refractivity contribution in [3.8, 4) is 0 Å². The van der Waals surface area contributed by atoms with Gasteiger partial charge in [0.2, 0.25) is 0 Å². The Labute approximate surface area is 178 Å². The number of aliphatic hydroxyl groups excluding tert-OH is 1. The summed E-state index contributed by atoms with van der Waals surface area (Å²) in [5.74, 6) is 3.30. The van der Waals surface area contributed by atoms with Crippen LogP contribution in [0.25, 0.3) is 0 Å². The van der Waals surface area contributed by atoms with Crippen LogP contribution in [0.4, 0.5) is 0 Å². The van der Waals surface area contributed by atoms with E-state index >= 15 is 0 Å². The first-order valence-corrected chi connectivity index (χ1v) is 11.9. The molecule has 4 aliphatic rings. The van der Waals surface area contributed by atoms with Crippen LogP contribution in [0.5, 0.6) is 0 Å². The average molecular weight is 393 g/mol. The van der Waals surface area contributed by atoms with E-state index in [1.54, 1.807) is 5.57 Å². The highest BCUT2D eigenvalue weighted by Gasteiger charge is 2.51. The van der Waals surface area contributed by atoms with Gasteiger partial charge in [-0.3, -0.25) is 0 Å². The normalized spacial score (nSPS) is 40.7. The molecular weight excluding hydrogens is 352 g/mol. The molecule has 0 amide bonds. The Morgan fingerprint density at radius 2 is 1.76 bits per heavy atom. The van der Waals surface area contributed by atoms with Crippen molar-refractivity contribution in [3.63, 3.8) is 0 Å². The number of hydrogen-bond donors (Lipinski definition) is 1. The van der Waals surface area contributed by atoms with Crippen LogP contribution in [0, 0.1) is 40.4 Å². The summed E-state index contributed by atoms with van der Waals surface area (Å²) in [6, 6.07) is 0. The summed E-state index contributed by atoms with van der Waals surface area (Å²) in [5, 5.41) is 10.1. The smallest absolute Gasteiger partial charge is 0.0727 e. The minimum Gasteiger partial charge on any atom is -0.389 e. The summed E-state index contributed by atoms with van der Waals surface area (Å²) in [7, 11) is 0. The fourth-order valence-corrected chi connectivity index (χ4v) is 6.51. The van der Waals surface area contributed by atoms with E-state index in [1.807, 2.05) is 0 Å². The third kappa shape index (κ3) is 3.34. The standard InChI is InChI=1S/C28H40O/c1-18(2)19(3)7-8-20(4)24-11-12-25-23-10-9-21-17-22(29)13-15-27(21,5)26(23)14-16-28(24,25)6/h7-10,14,16-20,22,24-25,29H,11-13,15H2,1-6H3/t19-,20+,22-,24+,25-,27-,28+/m0/s1. The number of aliphatic hydroxyl groups is 1. The van der Waals surface area contributed by atoms with Crippen LogP contribution >= 0.6 is 0 Å². The van der Waals surface area contributed by atoms with Crippen LogP contribution in [-0.2, 0) is 0 Å². The van der Waals surface area contributed by atoms with Crippen LogP contribution in [0.2, 0.25) is 0 Å². The molecule has 4 rings (SSSR count). The molecule has 0 aliphatic heterocycles. The molecule has 1 nitrogen and oxygen atoms in total. The van der Waals surface area contributed by atoms with E-state index < -0.39 is 0 Å². The lowest BCUT2D eigenvalue weighted by Crippen LogP contribution is -2.38. The zero-order valence-electron chi connectivity index (χ0n) is 19.3. The molecule has 0 spiro atoms. The molecule has 4 aliphatic carbocycles. The van der Waals surface area contributed by atoms with Crippen molar-refractivity contribution in [3.05, 3.63) is 59.3 Å². The summed E-state index contributed by atoms with van der Waals surface area (Å²) >= 11 is 0. The Morgan fingerprint density at radius 3 is 2.48 bits per heavy atom. The van der Waals surface area contributed by atoms with Gasteiger partial charge in [0.15, 0.2) is 0 Å². The third-order valence-corrected chi connectivity index (χ3v) is 9.00. The molecule has 7 atom stereocenters. The van der Waals surface area contributed by atoms with Gasteiger partial charge in [0.25, 0.3) is 0 Å². The molecular formula is C28H40O. The van der Waals surface area contributed by atoms with Crippen molar-refractivity contribution in [1.82, 2.24) is 0 Å². The van der Waals surface area contributed by atoms with Crippen LogP contribution in [0.1, 0.15) is 67.2 Å². The molecule has 0 saturated heterocycles. The predicted octanol–water partition coefficient (Wildman–Crippen LogP) is 7.03. The van der Waals surface area contributed by atoms with Gasteiger partial charge in [-0.05, 0) is 77.4 Å². The number of allylic oxidation sites excluding steroid dienone is 9. The molecule has 158 valence electrons. The Balaban J connectivity index is 1.61. The Hall–Kier alpha value is -1.34. The highest BCUT2D eigenvalue weighted by Crippen LogP contribution is 2.61. The first-order chi connectivity index (χ1) is 13.7. The summed E-state index contributed by atoms with van der Waals surface area (Å²) in [5.41, 5.74) is 4.76. The van der Waals surface area contributed by atoms with Gasteiger partial charge in [-0.25, -0.2) is 0 Å². The SMILES string of the molecule is CC(C)[C@@H](C)C=C[C@@H](C)[C@H]1CC[C@H]2C3=C(C=C[C@]12C)[C@@]1(C)CC[C@H](O)C=C1C=C3. The molecule has 0 unspecified atom stereocenters. The molecule has 29 heavy (non-hydrogen) atoms. The Bertz CT molecular complexity index is 806. The van der Waals surface area contributed by atoms with Crippen molar-refractivity contribution in [2.75, 3.05) is 0 Å². The van der Waals surface area contributed by atoms with Gasteiger partial charge in [-0.15, -0.1) is 0 Å². The zero-order chi connectivity index (χ0) is 21.0. The molecule has 1 heteroatoms. The second kappa shape index (κ2) is 7.41. The maximum absolute atomic E-state index is 10.1. The lowest BCUT2D eigenvalue weighted by Gasteiger charge is -2.47. The fourth-order valence-electron chi connectivity index (χ4n) is 6.51. The highest BCUT2D eigenvalue weighted by atomic mass is 16.3. The molecule has 0 radical (unpaired) electrons. The quantitative estimate of drug-likeness (QED) is 0.509. The highest BCUT2D eigenvalue weighted by molar-refractivity contribution is 5.56. The van der Waals surface area contributed by atoms with Crippen molar-refractivity contribution in [2.45, 2.75) is 73.3 Å². The molecule has 0 bridgehead atoms. The van der Waals surface area contributed by atoms with Crippen LogP contribution in [-0.4, -0.2) is 11.2 Å². The van der Waals surface area contributed by atoms with Crippen molar-refractivity contribution < 1.29 is 5.11 Å². The minimum absolute atomic E-state index is 0.0808. The Kier molecular flexibility index (Phi) is 5.35. The molecule has 1 fully saturated rings. The maximum Gasteiger partial charge on any atom is 0.0727 e. The van der Waals surface area contributed by atoms with Gasteiger partial charge in [-0.1, -0.05) is 84.1 Å². The topological polar surface area (TPSA) is 20.2 Å². The second-order valence-corrected chi connectivity index (χ2v) is 11.0. The molecule has 1 saturated carbocycles. The van der Waals surface area contributed by atoms with Crippen molar-refractivity contribution in [2.24, 2.45) is 40.4 Å². The fraction of sp³-hybridized carbons (Fsp3) is 0.643. The molecule has 1 N–H and O–H groups in total. The lowest BCUT2D eigenvalue weighted by molar-refractivity contribution is 0.177. The van der Waals surface area contributed by atoms with Crippen molar-refractivity contribution in [1.29, 1.82) is 0 Å². The largest absolute Gasteiger partial charge is 0.389 e. The van der Waals surface area contributed by atoms with E-state index in [1.165, 1.54) is 24.0 Å². The zero-order valence-corrected chi connectivity index (χ0v) is 19.3. The number of rotatable bonds is 4. The van der Waals surface area contributed by atoms with Gasteiger partial charge in [0.1, 0.15) is 0 Å². The van der Waals surface area contributed by atoms with E-state index in [9.17, 15) is 5.11 Å². The number of hydrogen-bond acceptors (Lipinski definition) is 1. The van der Waals surface area contributed by atoms with Crippen LogP contribution in [0.15, 0.2) is 59.3 Å². The molecule has 0 aromatic carbocycles. The van der Waals surface area contributed by atoms with Gasteiger partial charge < -0.3 is 5.11 Å². The maximum atomic E-state index is 10.1. The Morgan fingerprint density at radius 1 is 1.00 bits per heavy atom. The monoisotopic (exact) mass is 392 g/mol. The summed E-state index contributed by atoms with van der Waals surface area (Å²) in [4.78, 5) is 0. The average Bonchev–Trinajstić information content (AvgIpc) is 3.03. The second-order valence-electron chi connectivity index (χ2n) is 11.0. The van der Waals surface area contributed by atoms with E-state index in [2.05, 4.69) is 84.1 Å². The van der Waals surface area contributed by atoms with Gasteiger partial charge >= 0.3 is 0 Å². The third-order valence-electron chi connectivity index (χ3n) is 9.00. The van der Waals surface area contributed by atoms with E-state index in [-0.39, 0.29) is 16.9 Å². The van der Waals surface area contributed by atoms with Gasteiger partial charge in [0.05, 0.1) is 6.10 Å². The first-order valence-electron chi connectivity index (χ1n) is 11.9. The van der Waals surface area contributed by atoms with Crippen LogP contribution < -0.4 is 0 Å². The van der Waals surface area contributed by atoms with Gasteiger partial charge in [-0.2, -0.15) is 0 Å². The van der Waals surface area contributed by atoms with Crippen LogP contribution in [0.3, 0.4) is 0 Å². The van der Waals surface area contributed by atoms with Gasteiger partial charge in [0, 0.05) is 5.41 Å². The minimum atomic E-state index is -0.278. The van der Waals surface area contributed by atoms with E-state index in [0.717, 1.165) is 12.8 Å².